The summed E-state index contributed by atoms with van der Waals surface area (Å²) in [5.74, 6) is 0.359. The number of hydrogen-bond donors (Lipinski definition) is 2. The second-order valence-corrected chi connectivity index (χ2v) is 6.05. The zero-order chi connectivity index (χ0) is 18.0. The van der Waals surface area contributed by atoms with Crippen LogP contribution in [-0.2, 0) is 0 Å². The van der Waals surface area contributed by atoms with Gasteiger partial charge in [0.15, 0.2) is 5.82 Å². The van der Waals surface area contributed by atoms with Crippen LogP contribution < -0.4 is 11.1 Å². The summed E-state index contributed by atoms with van der Waals surface area (Å²) >= 11 is 0. The van der Waals surface area contributed by atoms with E-state index in [9.17, 15) is 4.79 Å². The van der Waals surface area contributed by atoms with Gasteiger partial charge in [-0.05, 0) is 50.6 Å². The topological polar surface area (TPSA) is 85.8 Å². The maximum Gasteiger partial charge on any atom is 0.249 e. The van der Waals surface area contributed by atoms with Crippen molar-refractivity contribution in [1.29, 1.82) is 0 Å². The van der Waals surface area contributed by atoms with Crippen LogP contribution in [0.5, 0.6) is 0 Å². The van der Waals surface area contributed by atoms with Gasteiger partial charge in [-0.15, -0.1) is 0 Å². The molecular weight excluding hydrogens is 314 g/mol. The third kappa shape index (κ3) is 3.38. The van der Waals surface area contributed by atoms with E-state index >= 15 is 0 Å². The lowest BCUT2D eigenvalue weighted by molar-refractivity contribution is 0.0999. The summed E-state index contributed by atoms with van der Waals surface area (Å²) < 4.78 is 1.82. The Bertz CT molecular complexity index is 901. The number of nitrogens with two attached hydrogens (primary N) is 1. The van der Waals surface area contributed by atoms with Crippen molar-refractivity contribution in [1.82, 2.24) is 14.8 Å². The van der Waals surface area contributed by atoms with Gasteiger partial charge >= 0.3 is 0 Å². The third-order valence-corrected chi connectivity index (χ3v) is 4.27. The number of primary amides is 1. The monoisotopic (exact) mass is 335 g/mol. The van der Waals surface area contributed by atoms with Crippen LogP contribution in [0.25, 0.3) is 5.82 Å². The summed E-state index contributed by atoms with van der Waals surface area (Å²) in [5, 5.41) is 7.85. The largest absolute Gasteiger partial charge is 0.378 e. The number of pyridine rings is 1. The Hall–Kier alpha value is -3.15. The van der Waals surface area contributed by atoms with Gasteiger partial charge in [-0.25, -0.2) is 9.67 Å². The molecule has 0 bridgehead atoms. The molecule has 0 aliphatic carbocycles. The minimum atomic E-state index is -0.423. The van der Waals surface area contributed by atoms with Crippen LogP contribution in [0.2, 0.25) is 0 Å². The lowest BCUT2D eigenvalue weighted by atomic mass is 10.1. The van der Waals surface area contributed by atoms with Crippen molar-refractivity contribution >= 4 is 11.6 Å². The molecule has 0 aliphatic heterocycles. The quantitative estimate of drug-likeness (QED) is 0.750. The molecule has 0 fully saturated rings. The molecule has 3 aromatic rings. The van der Waals surface area contributed by atoms with E-state index in [1.54, 1.807) is 12.3 Å². The van der Waals surface area contributed by atoms with Crippen LogP contribution in [0, 0.1) is 13.8 Å². The van der Waals surface area contributed by atoms with E-state index in [0.717, 1.165) is 28.3 Å². The Morgan fingerprint density at radius 2 is 2.04 bits per heavy atom. The molecule has 2 heterocycles. The number of benzene rings is 1. The summed E-state index contributed by atoms with van der Waals surface area (Å²) in [4.78, 5) is 15.9. The van der Waals surface area contributed by atoms with E-state index in [1.165, 1.54) is 0 Å². The summed E-state index contributed by atoms with van der Waals surface area (Å²) in [6.07, 6.45) is 3.58. The lowest BCUT2D eigenvalue weighted by Crippen LogP contribution is -2.14. The molecular formula is C19H21N5O. The van der Waals surface area contributed by atoms with E-state index in [1.807, 2.05) is 55.1 Å². The van der Waals surface area contributed by atoms with Gasteiger partial charge in [0.1, 0.15) is 0 Å². The first kappa shape index (κ1) is 16.7. The van der Waals surface area contributed by atoms with E-state index in [4.69, 9.17) is 5.73 Å². The first-order chi connectivity index (χ1) is 12.0. The number of carbonyl (C=O) groups is 1. The van der Waals surface area contributed by atoms with Gasteiger partial charge in [-0.1, -0.05) is 12.1 Å². The molecule has 1 unspecified atom stereocenters. The standard InChI is InChI=1S/C19H21N5O/c1-12-7-8-15(10-16(12)19(20)25)23-13(2)17-11-22-24(14(17)3)18-6-4-5-9-21-18/h4-11,13,23H,1-3H3,(H2,20,25). The normalized spacial score (nSPS) is 12.0. The molecule has 6 nitrogen and oxygen atoms in total. The first-order valence-electron chi connectivity index (χ1n) is 8.10. The van der Waals surface area contributed by atoms with Crippen molar-refractivity contribution in [2.75, 3.05) is 5.32 Å². The fourth-order valence-electron chi connectivity index (χ4n) is 2.86. The highest BCUT2D eigenvalue weighted by atomic mass is 16.1. The molecule has 1 aromatic carbocycles. The zero-order valence-electron chi connectivity index (χ0n) is 14.5. The minimum Gasteiger partial charge on any atom is -0.378 e. The van der Waals surface area contributed by atoms with Crippen molar-refractivity contribution in [2.24, 2.45) is 5.73 Å². The highest BCUT2D eigenvalue weighted by molar-refractivity contribution is 5.95. The molecule has 3 N–H and O–H groups in total. The number of aryl methyl sites for hydroxylation is 1. The number of amides is 1. The SMILES string of the molecule is Cc1ccc(NC(C)c2cnn(-c3ccccn3)c2C)cc1C(N)=O. The van der Waals surface area contributed by atoms with Crippen LogP contribution in [0.15, 0.2) is 48.8 Å². The molecule has 6 heteroatoms. The number of anilines is 1. The zero-order valence-corrected chi connectivity index (χ0v) is 14.5. The molecule has 1 amide bonds. The van der Waals surface area contributed by atoms with Gasteiger partial charge in [-0.2, -0.15) is 5.10 Å². The molecule has 25 heavy (non-hydrogen) atoms. The molecule has 0 aliphatic rings. The highest BCUT2D eigenvalue weighted by Gasteiger charge is 2.15. The number of nitrogens with zero attached hydrogens (tertiary/aromatic N) is 3. The minimum absolute atomic E-state index is 0.0147. The predicted molar refractivity (Wildman–Crippen MR) is 97.8 cm³/mol. The number of carbonyl (C=O) groups excluding carboxylic acids is 1. The van der Waals surface area contributed by atoms with Crippen molar-refractivity contribution in [2.45, 2.75) is 26.8 Å². The van der Waals surface area contributed by atoms with Crippen LogP contribution >= 0.6 is 0 Å². The molecule has 2 aromatic heterocycles. The van der Waals surface area contributed by atoms with Crippen LogP contribution in [-0.4, -0.2) is 20.7 Å². The summed E-state index contributed by atoms with van der Waals surface area (Å²) in [6.45, 7) is 5.93. The molecule has 0 radical (unpaired) electrons. The number of hydrogen-bond acceptors (Lipinski definition) is 4. The maximum absolute atomic E-state index is 11.5. The Morgan fingerprint density at radius 3 is 2.72 bits per heavy atom. The lowest BCUT2D eigenvalue weighted by Gasteiger charge is -2.16. The van der Waals surface area contributed by atoms with Gasteiger partial charge in [0.25, 0.3) is 0 Å². The second kappa shape index (κ2) is 6.76. The van der Waals surface area contributed by atoms with Crippen molar-refractivity contribution in [3.63, 3.8) is 0 Å². The number of nitrogens with one attached hydrogen (secondary N) is 1. The Kier molecular flexibility index (Phi) is 4.52. The molecule has 3 rings (SSSR count). The average molecular weight is 335 g/mol. The maximum atomic E-state index is 11.5. The first-order valence-corrected chi connectivity index (χ1v) is 8.10. The third-order valence-electron chi connectivity index (χ3n) is 4.27. The fraction of sp³-hybridized carbons (Fsp3) is 0.211. The van der Waals surface area contributed by atoms with E-state index in [0.29, 0.717) is 5.56 Å². The van der Waals surface area contributed by atoms with Gasteiger partial charge in [-0.3, -0.25) is 4.79 Å². The molecule has 1 atom stereocenters. The van der Waals surface area contributed by atoms with Gasteiger partial charge in [0.2, 0.25) is 5.91 Å². The summed E-state index contributed by atoms with van der Waals surface area (Å²) in [5.41, 5.74) is 9.74. The van der Waals surface area contributed by atoms with Crippen LogP contribution in [0.3, 0.4) is 0 Å². The van der Waals surface area contributed by atoms with Crippen molar-refractivity contribution < 1.29 is 4.79 Å². The van der Waals surface area contributed by atoms with Gasteiger partial charge < -0.3 is 11.1 Å². The fourth-order valence-corrected chi connectivity index (χ4v) is 2.86. The second-order valence-electron chi connectivity index (χ2n) is 6.05. The van der Waals surface area contributed by atoms with E-state index in [2.05, 4.69) is 22.3 Å². The van der Waals surface area contributed by atoms with Crippen LogP contribution in [0.4, 0.5) is 5.69 Å². The molecule has 0 saturated heterocycles. The molecule has 0 spiro atoms. The summed E-state index contributed by atoms with van der Waals surface area (Å²) in [6, 6.07) is 11.4. The average Bonchev–Trinajstić information content (AvgIpc) is 2.98. The smallest absolute Gasteiger partial charge is 0.249 e. The van der Waals surface area contributed by atoms with Gasteiger partial charge in [0, 0.05) is 28.7 Å². The number of rotatable bonds is 5. The summed E-state index contributed by atoms with van der Waals surface area (Å²) in [7, 11) is 0. The molecule has 0 saturated carbocycles. The van der Waals surface area contributed by atoms with E-state index < -0.39 is 5.91 Å². The van der Waals surface area contributed by atoms with Crippen LogP contribution in [0.1, 0.15) is 40.1 Å². The predicted octanol–water partition coefficient (Wildman–Crippen LogP) is 3.16. The molecule has 128 valence electrons. The Morgan fingerprint density at radius 1 is 1.24 bits per heavy atom. The number of aromatic nitrogens is 3. The van der Waals surface area contributed by atoms with Crippen molar-refractivity contribution in [3.05, 3.63) is 71.2 Å². The Labute approximate surface area is 146 Å². The highest BCUT2D eigenvalue weighted by Crippen LogP contribution is 2.24. The van der Waals surface area contributed by atoms with Gasteiger partial charge in [0.05, 0.1) is 12.2 Å². The Balaban J connectivity index is 1.85. The van der Waals surface area contributed by atoms with E-state index in [-0.39, 0.29) is 6.04 Å². The van der Waals surface area contributed by atoms with Crippen molar-refractivity contribution in [3.8, 4) is 5.82 Å².